The van der Waals surface area contributed by atoms with Crippen LogP contribution in [0.15, 0.2) is 48.7 Å². The molecule has 2 aromatic rings. The number of hydrogen-bond acceptors (Lipinski definition) is 3. The van der Waals surface area contributed by atoms with E-state index < -0.39 is 18.5 Å². The van der Waals surface area contributed by atoms with E-state index in [2.05, 4.69) is 6.58 Å². The highest BCUT2D eigenvalue weighted by atomic mass is 19.1. The minimum Gasteiger partial charge on any atom is -0.534 e. The van der Waals surface area contributed by atoms with Gasteiger partial charge in [0.05, 0.1) is 12.3 Å². The van der Waals surface area contributed by atoms with Gasteiger partial charge in [-0.05, 0) is 50.1 Å². The topological polar surface area (TPSA) is 38.8 Å². The van der Waals surface area contributed by atoms with E-state index >= 15 is 0 Å². The van der Waals surface area contributed by atoms with E-state index in [0.717, 1.165) is 22.3 Å². The van der Waals surface area contributed by atoms with E-state index in [1.807, 2.05) is 39.0 Å². The molecule has 1 saturated heterocycles. The number of fused-ring (bicyclic) bond motifs is 1. The predicted octanol–water partition coefficient (Wildman–Crippen LogP) is 3.33. The summed E-state index contributed by atoms with van der Waals surface area (Å²) in [5, 5.41) is 0. The van der Waals surface area contributed by atoms with Gasteiger partial charge in [0.1, 0.15) is 11.4 Å². The summed E-state index contributed by atoms with van der Waals surface area (Å²) in [6.07, 6.45) is 0. The van der Waals surface area contributed by atoms with Crippen LogP contribution in [0.3, 0.4) is 0 Å². The number of nitrogens with zero attached hydrogens (tertiary/aromatic N) is 1. The average Bonchev–Trinajstić information content (AvgIpc) is 3.04. The summed E-state index contributed by atoms with van der Waals surface area (Å²) in [5.41, 5.74) is 3.19. The van der Waals surface area contributed by atoms with Crippen LogP contribution in [0, 0.1) is 12.7 Å². The molecule has 0 bridgehead atoms. The lowest BCUT2D eigenvalue weighted by Crippen LogP contribution is -2.37. The van der Waals surface area contributed by atoms with Crippen LogP contribution in [0.2, 0.25) is 0 Å². The second-order valence-corrected chi connectivity index (χ2v) is 7.19. The molecule has 0 atom stereocenters. The van der Waals surface area contributed by atoms with Crippen molar-refractivity contribution in [1.29, 1.82) is 0 Å². The van der Waals surface area contributed by atoms with Crippen LogP contribution in [0.5, 0.6) is 0 Å². The highest BCUT2D eigenvalue weighted by Gasteiger charge is 2.44. The number of benzene rings is 2. The molecule has 2 aromatic carbocycles. The van der Waals surface area contributed by atoms with Gasteiger partial charge in [-0.3, -0.25) is 4.79 Å². The first-order valence-electron chi connectivity index (χ1n) is 8.51. The normalized spacial score (nSPS) is 18.3. The first-order chi connectivity index (χ1) is 12.3. The molecule has 6 heteroatoms. The third-order valence-electron chi connectivity index (χ3n) is 5.09. The lowest BCUT2D eigenvalue weighted by molar-refractivity contribution is 0.0996. The number of hydrogen-bond donors (Lipinski definition) is 0. The van der Waals surface area contributed by atoms with Crippen molar-refractivity contribution in [3.8, 4) is 0 Å². The Kier molecular flexibility index (Phi) is 3.70. The van der Waals surface area contributed by atoms with E-state index in [1.54, 1.807) is 11.0 Å². The maximum absolute atomic E-state index is 13.5. The van der Waals surface area contributed by atoms with E-state index in [1.165, 1.54) is 12.1 Å². The summed E-state index contributed by atoms with van der Waals surface area (Å²) in [7, 11) is -0.560. The van der Waals surface area contributed by atoms with Gasteiger partial charge in [-0.1, -0.05) is 24.8 Å². The van der Waals surface area contributed by atoms with Gasteiger partial charge in [-0.15, -0.1) is 0 Å². The molecule has 4 rings (SSSR count). The molecule has 26 heavy (non-hydrogen) atoms. The molecule has 132 valence electrons. The summed E-state index contributed by atoms with van der Waals surface area (Å²) in [4.78, 5) is 14.4. The van der Waals surface area contributed by atoms with Crippen LogP contribution in [-0.2, 0) is 15.9 Å². The largest absolute Gasteiger partial charge is 0.563 e. The molecule has 1 amide bonds. The molecule has 2 heterocycles. The Bertz CT molecular complexity index is 941. The summed E-state index contributed by atoms with van der Waals surface area (Å²) >= 11 is 0. The monoisotopic (exact) mass is 351 g/mol. The first kappa shape index (κ1) is 16.9. The Morgan fingerprint density at radius 1 is 1.27 bits per heavy atom. The summed E-state index contributed by atoms with van der Waals surface area (Å²) < 4.78 is 25.3. The number of carbonyl (C=O) groups is 1. The Labute approximate surface area is 152 Å². The lowest BCUT2D eigenvalue weighted by Gasteiger charge is -2.21. The van der Waals surface area contributed by atoms with Crippen LogP contribution < -0.4 is 10.4 Å². The number of anilines is 1. The highest BCUT2D eigenvalue weighted by molar-refractivity contribution is 6.63. The number of rotatable bonds is 2. The zero-order chi connectivity index (χ0) is 18.6. The van der Waals surface area contributed by atoms with Gasteiger partial charge in [-0.2, -0.15) is 0 Å². The van der Waals surface area contributed by atoms with E-state index in [9.17, 15) is 9.18 Å². The van der Waals surface area contributed by atoms with Crippen molar-refractivity contribution in [3.63, 3.8) is 0 Å². The fourth-order valence-electron chi connectivity index (χ4n) is 3.41. The summed E-state index contributed by atoms with van der Waals surface area (Å²) in [6, 6.07) is 10.0. The standard InChI is InChI=1S/C20H19BFNO3/c1-12-17(21-25-13(2)20(3,4)26-21)6-5-7-18(12)23-11-14-8-9-15(22)10-16(14)19(23)24/h5-10H,2,11H2,1,3-4H3. The Hall–Kier alpha value is -2.60. The van der Waals surface area contributed by atoms with Crippen molar-refractivity contribution in [2.24, 2.45) is 0 Å². The van der Waals surface area contributed by atoms with Crippen molar-refractivity contribution in [2.45, 2.75) is 32.9 Å². The van der Waals surface area contributed by atoms with Crippen molar-refractivity contribution in [2.75, 3.05) is 4.90 Å². The maximum Gasteiger partial charge on any atom is 0.563 e. The van der Waals surface area contributed by atoms with Crippen molar-refractivity contribution < 1.29 is 18.5 Å². The fraction of sp³-hybridized carbons (Fsp3) is 0.250. The summed E-state index contributed by atoms with van der Waals surface area (Å²) in [5.74, 6) is -0.0249. The minimum atomic E-state index is -0.565. The van der Waals surface area contributed by atoms with Gasteiger partial charge >= 0.3 is 7.12 Å². The number of carbonyl (C=O) groups excluding carboxylic acids is 1. The molecule has 1 fully saturated rings. The zero-order valence-corrected chi connectivity index (χ0v) is 15.0. The van der Waals surface area contributed by atoms with Gasteiger partial charge in [-0.25, -0.2) is 4.39 Å². The molecular formula is C20H19BFNO3. The molecule has 0 unspecified atom stereocenters. The Balaban J connectivity index is 1.70. The van der Waals surface area contributed by atoms with E-state index in [0.29, 0.717) is 17.9 Å². The Morgan fingerprint density at radius 2 is 2.04 bits per heavy atom. The Morgan fingerprint density at radius 3 is 2.73 bits per heavy atom. The third-order valence-corrected chi connectivity index (χ3v) is 5.09. The van der Waals surface area contributed by atoms with Crippen LogP contribution in [0.1, 0.15) is 35.3 Å². The predicted molar refractivity (Wildman–Crippen MR) is 98.9 cm³/mol. The van der Waals surface area contributed by atoms with Crippen LogP contribution >= 0.6 is 0 Å². The summed E-state index contributed by atoms with van der Waals surface area (Å²) in [6.45, 7) is 10.1. The van der Waals surface area contributed by atoms with Gasteiger partial charge < -0.3 is 14.2 Å². The van der Waals surface area contributed by atoms with Gasteiger partial charge in [0, 0.05) is 16.7 Å². The first-order valence-corrected chi connectivity index (χ1v) is 8.51. The smallest absolute Gasteiger partial charge is 0.534 e. The van der Waals surface area contributed by atoms with Crippen LogP contribution in [0.4, 0.5) is 10.1 Å². The minimum absolute atomic E-state index is 0.197. The van der Waals surface area contributed by atoms with Gasteiger partial charge in [0.15, 0.2) is 0 Å². The molecule has 2 aliphatic rings. The molecule has 0 N–H and O–H groups in total. The molecule has 0 radical (unpaired) electrons. The maximum atomic E-state index is 13.5. The highest BCUT2D eigenvalue weighted by Crippen LogP contribution is 2.33. The molecule has 0 aliphatic carbocycles. The second kappa shape index (κ2) is 5.71. The zero-order valence-electron chi connectivity index (χ0n) is 15.0. The second-order valence-electron chi connectivity index (χ2n) is 7.19. The van der Waals surface area contributed by atoms with Crippen molar-refractivity contribution in [1.82, 2.24) is 0 Å². The average molecular weight is 351 g/mol. The SMILES string of the molecule is C=C1OB(c2cccc(N3Cc4ccc(F)cc4C3=O)c2C)OC1(C)C. The molecule has 0 saturated carbocycles. The number of amides is 1. The molecular weight excluding hydrogens is 332 g/mol. The molecule has 0 spiro atoms. The lowest BCUT2D eigenvalue weighted by atomic mass is 9.76. The quantitative estimate of drug-likeness (QED) is 0.779. The fourth-order valence-corrected chi connectivity index (χ4v) is 3.41. The van der Waals surface area contributed by atoms with Gasteiger partial charge in [0.2, 0.25) is 0 Å². The molecule has 0 aromatic heterocycles. The third kappa shape index (κ3) is 2.53. The van der Waals surface area contributed by atoms with Gasteiger partial charge in [0.25, 0.3) is 5.91 Å². The molecule has 4 nitrogen and oxygen atoms in total. The van der Waals surface area contributed by atoms with Crippen molar-refractivity contribution >= 4 is 24.2 Å². The van der Waals surface area contributed by atoms with E-state index in [4.69, 9.17) is 9.31 Å². The van der Waals surface area contributed by atoms with Crippen LogP contribution in [0.25, 0.3) is 0 Å². The number of halogens is 1. The molecule has 2 aliphatic heterocycles. The van der Waals surface area contributed by atoms with E-state index in [-0.39, 0.29) is 5.91 Å². The van der Waals surface area contributed by atoms with Crippen LogP contribution in [-0.4, -0.2) is 18.6 Å². The van der Waals surface area contributed by atoms with Crippen molar-refractivity contribution in [3.05, 3.63) is 71.2 Å².